The third kappa shape index (κ3) is 1.64. The van der Waals surface area contributed by atoms with Gasteiger partial charge in [-0.1, -0.05) is 6.92 Å². The Morgan fingerprint density at radius 3 is 2.89 bits per heavy atom. The van der Waals surface area contributed by atoms with Crippen LogP contribution in [0, 0.1) is 0 Å². The number of nitrogens with zero attached hydrogens (tertiary/aromatic N) is 1. The molecule has 1 saturated heterocycles. The second-order valence-corrected chi connectivity index (χ2v) is 2.55. The molecule has 0 bridgehead atoms. The lowest BCUT2D eigenvalue weighted by Gasteiger charge is -2.11. The molecular formula is C6H15N3. The maximum Gasteiger partial charge on any atom is 0.0350 e. The standard InChI is InChI=1S/C6H15N3/c1-2-9-4-3-6(5-9)8-7/h6,8H,2-5,7H2,1H3. The van der Waals surface area contributed by atoms with Gasteiger partial charge in [0.15, 0.2) is 0 Å². The lowest BCUT2D eigenvalue weighted by atomic mass is 10.3. The number of hydrogen-bond acceptors (Lipinski definition) is 3. The second-order valence-electron chi connectivity index (χ2n) is 2.55. The fourth-order valence-electron chi connectivity index (χ4n) is 1.26. The molecule has 0 aromatic rings. The number of rotatable bonds is 2. The molecule has 1 rings (SSSR count). The van der Waals surface area contributed by atoms with Crippen LogP contribution in [-0.2, 0) is 0 Å². The molecule has 3 heteroatoms. The first-order valence-corrected chi connectivity index (χ1v) is 3.55. The quantitative estimate of drug-likeness (QED) is 0.392. The van der Waals surface area contributed by atoms with Crippen LogP contribution in [0.25, 0.3) is 0 Å². The molecule has 0 aromatic carbocycles. The molecule has 1 aliphatic heterocycles. The fourth-order valence-corrected chi connectivity index (χ4v) is 1.26. The summed E-state index contributed by atoms with van der Waals surface area (Å²) in [5.41, 5.74) is 2.79. The van der Waals surface area contributed by atoms with Gasteiger partial charge in [-0.3, -0.25) is 11.3 Å². The highest BCUT2D eigenvalue weighted by molar-refractivity contribution is 4.77. The van der Waals surface area contributed by atoms with Crippen molar-refractivity contribution in [2.75, 3.05) is 19.6 Å². The molecule has 1 heterocycles. The van der Waals surface area contributed by atoms with E-state index in [0.29, 0.717) is 6.04 Å². The van der Waals surface area contributed by atoms with Crippen molar-refractivity contribution >= 4 is 0 Å². The molecule has 0 saturated carbocycles. The number of likely N-dealkylation sites (tertiary alicyclic amines) is 1. The van der Waals surface area contributed by atoms with Gasteiger partial charge in [-0.15, -0.1) is 0 Å². The Bertz CT molecular complexity index is 74.4. The highest BCUT2D eigenvalue weighted by Crippen LogP contribution is 2.06. The minimum absolute atomic E-state index is 0.532. The van der Waals surface area contributed by atoms with Crippen LogP contribution in [0.5, 0.6) is 0 Å². The molecule has 0 aliphatic carbocycles. The van der Waals surface area contributed by atoms with Gasteiger partial charge in [-0.05, 0) is 19.5 Å². The molecule has 0 aromatic heterocycles. The van der Waals surface area contributed by atoms with Crippen molar-refractivity contribution in [2.24, 2.45) is 5.84 Å². The van der Waals surface area contributed by atoms with Crippen molar-refractivity contribution in [3.05, 3.63) is 0 Å². The molecular weight excluding hydrogens is 114 g/mol. The van der Waals surface area contributed by atoms with Crippen LogP contribution in [0.4, 0.5) is 0 Å². The summed E-state index contributed by atoms with van der Waals surface area (Å²) < 4.78 is 0. The zero-order valence-electron chi connectivity index (χ0n) is 5.93. The first-order chi connectivity index (χ1) is 4.36. The molecule has 1 aliphatic rings. The van der Waals surface area contributed by atoms with Gasteiger partial charge in [0.1, 0.15) is 0 Å². The van der Waals surface area contributed by atoms with Crippen molar-refractivity contribution in [2.45, 2.75) is 19.4 Å². The summed E-state index contributed by atoms with van der Waals surface area (Å²) in [5.74, 6) is 5.27. The molecule has 1 fully saturated rings. The smallest absolute Gasteiger partial charge is 0.0350 e. The number of likely N-dealkylation sites (N-methyl/N-ethyl adjacent to an activating group) is 1. The van der Waals surface area contributed by atoms with Gasteiger partial charge in [-0.25, -0.2) is 0 Å². The van der Waals surface area contributed by atoms with Crippen LogP contribution in [0.1, 0.15) is 13.3 Å². The first kappa shape index (κ1) is 6.99. The Balaban J connectivity index is 2.20. The molecule has 0 spiro atoms. The van der Waals surface area contributed by atoms with Crippen LogP contribution in [-0.4, -0.2) is 30.6 Å². The Labute approximate surface area is 56.2 Å². The summed E-state index contributed by atoms with van der Waals surface area (Å²) in [6.07, 6.45) is 1.20. The molecule has 0 amide bonds. The van der Waals surface area contributed by atoms with E-state index in [0.717, 1.165) is 13.1 Å². The van der Waals surface area contributed by atoms with E-state index in [1.807, 2.05) is 0 Å². The normalized spacial score (nSPS) is 29.3. The monoisotopic (exact) mass is 129 g/mol. The highest BCUT2D eigenvalue weighted by atomic mass is 15.3. The van der Waals surface area contributed by atoms with Crippen molar-refractivity contribution in [1.82, 2.24) is 10.3 Å². The summed E-state index contributed by atoms with van der Waals surface area (Å²) >= 11 is 0. The maximum absolute atomic E-state index is 5.27. The minimum atomic E-state index is 0.532. The van der Waals surface area contributed by atoms with Gasteiger partial charge in [-0.2, -0.15) is 0 Å². The predicted octanol–water partition coefficient (Wildman–Crippen LogP) is -0.456. The molecule has 3 N–H and O–H groups in total. The van der Waals surface area contributed by atoms with Gasteiger partial charge in [0.2, 0.25) is 0 Å². The third-order valence-corrected chi connectivity index (χ3v) is 1.96. The number of nitrogens with two attached hydrogens (primary N) is 1. The van der Waals surface area contributed by atoms with Crippen LogP contribution >= 0.6 is 0 Å². The van der Waals surface area contributed by atoms with E-state index in [9.17, 15) is 0 Å². The van der Waals surface area contributed by atoms with Crippen LogP contribution in [0.2, 0.25) is 0 Å². The Hall–Kier alpha value is -0.120. The maximum atomic E-state index is 5.27. The highest BCUT2D eigenvalue weighted by Gasteiger charge is 2.18. The van der Waals surface area contributed by atoms with Crippen molar-refractivity contribution in [3.8, 4) is 0 Å². The van der Waals surface area contributed by atoms with Gasteiger partial charge >= 0.3 is 0 Å². The van der Waals surface area contributed by atoms with E-state index >= 15 is 0 Å². The van der Waals surface area contributed by atoms with E-state index in [-0.39, 0.29) is 0 Å². The lowest BCUT2D eigenvalue weighted by molar-refractivity contribution is 0.346. The Morgan fingerprint density at radius 2 is 2.56 bits per heavy atom. The number of nitrogens with one attached hydrogen (secondary N) is 1. The van der Waals surface area contributed by atoms with Gasteiger partial charge in [0.25, 0.3) is 0 Å². The van der Waals surface area contributed by atoms with Gasteiger partial charge < -0.3 is 4.90 Å². The topological polar surface area (TPSA) is 41.3 Å². The van der Waals surface area contributed by atoms with Gasteiger partial charge in [0, 0.05) is 12.6 Å². The molecule has 9 heavy (non-hydrogen) atoms. The molecule has 3 nitrogen and oxygen atoms in total. The second kappa shape index (κ2) is 3.15. The number of hydrogen-bond donors (Lipinski definition) is 2. The van der Waals surface area contributed by atoms with Gasteiger partial charge in [0.05, 0.1) is 0 Å². The van der Waals surface area contributed by atoms with Crippen LogP contribution in [0.15, 0.2) is 0 Å². The first-order valence-electron chi connectivity index (χ1n) is 3.55. The summed E-state index contributed by atoms with van der Waals surface area (Å²) in [4.78, 5) is 2.39. The van der Waals surface area contributed by atoms with Crippen molar-refractivity contribution in [3.63, 3.8) is 0 Å². The lowest BCUT2D eigenvalue weighted by Crippen LogP contribution is -2.37. The summed E-state index contributed by atoms with van der Waals surface area (Å²) in [7, 11) is 0. The Kier molecular flexibility index (Phi) is 2.45. The summed E-state index contributed by atoms with van der Waals surface area (Å²) in [5, 5.41) is 0. The van der Waals surface area contributed by atoms with Crippen LogP contribution < -0.4 is 11.3 Å². The van der Waals surface area contributed by atoms with Crippen molar-refractivity contribution < 1.29 is 0 Å². The zero-order chi connectivity index (χ0) is 6.69. The van der Waals surface area contributed by atoms with E-state index in [1.54, 1.807) is 0 Å². The Morgan fingerprint density at radius 1 is 1.78 bits per heavy atom. The van der Waals surface area contributed by atoms with Crippen molar-refractivity contribution in [1.29, 1.82) is 0 Å². The average molecular weight is 129 g/mol. The molecule has 1 unspecified atom stereocenters. The predicted molar refractivity (Wildman–Crippen MR) is 37.8 cm³/mol. The minimum Gasteiger partial charge on any atom is -0.302 e. The number of hydrazine groups is 1. The van der Waals surface area contributed by atoms with E-state index in [1.165, 1.54) is 13.0 Å². The molecule has 54 valence electrons. The molecule has 0 radical (unpaired) electrons. The fraction of sp³-hybridized carbons (Fsp3) is 1.00. The molecule has 1 atom stereocenters. The SMILES string of the molecule is CCN1CCC(NN)C1. The largest absolute Gasteiger partial charge is 0.302 e. The zero-order valence-corrected chi connectivity index (χ0v) is 5.93. The van der Waals surface area contributed by atoms with E-state index in [2.05, 4.69) is 17.2 Å². The van der Waals surface area contributed by atoms with E-state index < -0.39 is 0 Å². The third-order valence-electron chi connectivity index (χ3n) is 1.96. The summed E-state index contributed by atoms with van der Waals surface area (Å²) in [6, 6.07) is 0.532. The average Bonchev–Trinajstić information content (AvgIpc) is 2.34. The van der Waals surface area contributed by atoms with Crippen LogP contribution in [0.3, 0.4) is 0 Å². The van der Waals surface area contributed by atoms with E-state index in [4.69, 9.17) is 5.84 Å². The summed E-state index contributed by atoms with van der Waals surface area (Å²) in [6.45, 7) is 5.65.